The molecular formula is C25H32N2O2. The van der Waals surface area contributed by atoms with Crippen LogP contribution in [0.1, 0.15) is 62.8 Å². The van der Waals surface area contributed by atoms with Gasteiger partial charge in [0, 0.05) is 5.92 Å². The number of hydrogen-bond donors (Lipinski definition) is 1. The summed E-state index contributed by atoms with van der Waals surface area (Å²) in [6, 6.07) is 16.5. The summed E-state index contributed by atoms with van der Waals surface area (Å²) in [7, 11) is 0. The lowest BCUT2D eigenvalue weighted by Crippen LogP contribution is -2.25. The number of benzene rings is 2. The van der Waals surface area contributed by atoms with Crippen LogP contribution >= 0.6 is 0 Å². The van der Waals surface area contributed by atoms with Crippen molar-refractivity contribution in [2.24, 2.45) is 0 Å². The number of aromatic nitrogens is 2. The molecule has 0 bridgehead atoms. The largest absolute Gasteiger partial charge is 0.491 e. The summed E-state index contributed by atoms with van der Waals surface area (Å²) < 4.78 is 8.09. The third-order valence-corrected chi connectivity index (χ3v) is 5.95. The van der Waals surface area contributed by atoms with E-state index in [2.05, 4.69) is 35.8 Å². The fraction of sp³-hybridized carbons (Fsp3) is 0.480. The highest BCUT2D eigenvalue weighted by Gasteiger charge is 2.23. The number of aliphatic hydroxyl groups is 1. The molecule has 29 heavy (non-hydrogen) atoms. The summed E-state index contributed by atoms with van der Waals surface area (Å²) in [5, 5.41) is 10.7. The first kappa shape index (κ1) is 20.0. The molecule has 2 aromatic carbocycles. The van der Waals surface area contributed by atoms with Crippen LogP contribution in [0.3, 0.4) is 0 Å². The lowest BCUT2D eigenvalue weighted by molar-refractivity contribution is 0.0922. The molecule has 1 heterocycles. The third kappa shape index (κ3) is 4.81. The first-order chi connectivity index (χ1) is 14.2. The Morgan fingerprint density at radius 3 is 2.59 bits per heavy atom. The van der Waals surface area contributed by atoms with Gasteiger partial charge in [0.15, 0.2) is 0 Å². The molecule has 4 nitrogen and oxygen atoms in total. The Balaban J connectivity index is 1.46. The van der Waals surface area contributed by atoms with Crippen LogP contribution in [0.4, 0.5) is 0 Å². The molecule has 1 fully saturated rings. The summed E-state index contributed by atoms with van der Waals surface area (Å²) in [6.45, 7) is 2.98. The van der Waals surface area contributed by atoms with Gasteiger partial charge in [-0.25, -0.2) is 4.98 Å². The minimum Gasteiger partial charge on any atom is -0.491 e. The van der Waals surface area contributed by atoms with E-state index in [1.165, 1.54) is 37.7 Å². The molecule has 0 saturated heterocycles. The molecule has 154 valence electrons. The maximum Gasteiger partial charge on any atom is 0.119 e. The van der Waals surface area contributed by atoms with Crippen molar-refractivity contribution in [1.82, 2.24) is 9.55 Å². The Labute approximate surface area is 173 Å². The molecule has 1 unspecified atom stereocenters. The fourth-order valence-corrected chi connectivity index (χ4v) is 4.46. The SMILES string of the molecule is CCCc1ccc(OCC(O)Cn2c(C3CCCCC3)nc3ccccc32)cc1. The van der Waals surface area contributed by atoms with Crippen molar-refractivity contribution in [3.05, 3.63) is 59.9 Å². The van der Waals surface area contributed by atoms with E-state index in [4.69, 9.17) is 9.72 Å². The van der Waals surface area contributed by atoms with Gasteiger partial charge in [-0.2, -0.15) is 0 Å². The first-order valence-electron chi connectivity index (χ1n) is 11.1. The molecule has 3 aromatic rings. The van der Waals surface area contributed by atoms with Crippen molar-refractivity contribution in [2.45, 2.75) is 70.4 Å². The van der Waals surface area contributed by atoms with Crippen LogP contribution in [0, 0.1) is 0 Å². The van der Waals surface area contributed by atoms with Gasteiger partial charge in [0.25, 0.3) is 0 Å². The molecule has 0 spiro atoms. The Kier molecular flexibility index (Phi) is 6.50. The monoisotopic (exact) mass is 392 g/mol. The maximum atomic E-state index is 10.7. The number of rotatable bonds is 8. The van der Waals surface area contributed by atoms with Gasteiger partial charge in [0.2, 0.25) is 0 Å². The van der Waals surface area contributed by atoms with E-state index < -0.39 is 6.10 Å². The van der Waals surface area contributed by atoms with Crippen molar-refractivity contribution < 1.29 is 9.84 Å². The first-order valence-corrected chi connectivity index (χ1v) is 11.1. The maximum absolute atomic E-state index is 10.7. The fourth-order valence-electron chi connectivity index (χ4n) is 4.46. The van der Waals surface area contributed by atoms with Crippen LogP contribution in [-0.4, -0.2) is 27.4 Å². The van der Waals surface area contributed by atoms with Gasteiger partial charge in [-0.1, -0.05) is 56.9 Å². The van der Waals surface area contributed by atoms with Crippen molar-refractivity contribution >= 4 is 11.0 Å². The van der Waals surface area contributed by atoms with Crippen LogP contribution in [0.25, 0.3) is 11.0 Å². The quantitative estimate of drug-likeness (QED) is 0.552. The van der Waals surface area contributed by atoms with Crippen LogP contribution in [0.5, 0.6) is 5.75 Å². The molecule has 0 amide bonds. The predicted octanol–water partition coefficient (Wildman–Crippen LogP) is 5.48. The predicted molar refractivity (Wildman–Crippen MR) is 117 cm³/mol. The van der Waals surface area contributed by atoms with E-state index in [1.54, 1.807) is 0 Å². The average molecular weight is 393 g/mol. The van der Waals surface area contributed by atoms with E-state index in [0.29, 0.717) is 12.5 Å². The summed E-state index contributed by atoms with van der Waals surface area (Å²) in [5.41, 5.74) is 3.45. The number of hydrogen-bond acceptors (Lipinski definition) is 3. The van der Waals surface area contributed by atoms with Gasteiger partial charge in [0.1, 0.15) is 24.3 Å². The normalized spacial score (nSPS) is 16.2. The highest BCUT2D eigenvalue weighted by molar-refractivity contribution is 5.76. The molecule has 4 rings (SSSR count). The van der Waals surface area contributed by atoms with Crippen LogP contribution < -0.4 is 4.74 Å². The smallest absolute Gasteiger partial charge is 0.119 e. The Hall–Kier alpha value is -2.33. The topological polar surface area (TPSA) is 47.3 Å². The molecule has 0 aliphatic heterocycles. The second-order valence-corrected chi connectivity index (χ2v) is 8.26. The molecule has 1 atom stereocenters. The average Bonchev–Trinajstić information content (AvgIpc) is 3.12. The highest BCUT2D eigenvalue weighted by atomic mass is 16.5. The van der Waals surface area contributed by atoms with Gasteiger partial charge in [0.05, 0.1) is 17.6 Å². The molecule has 0 radical (unpaired) electrons. The second kappa shape index (κ2) is 9.45. The number of nitrogens with zero attached hydrogens (tertiary/aromatic N) is 2. The van der Waals surface area contributed by atoms with Crippen molar-refractivity contribution in [3.63, 3.8) is 0 Å². The van der Waals surface area contributed by atoms with Crippen LogP contribution in [-0.2, 0) is 13.0 Å². The number of imidazole rings is 1. The van der Waals surface area contributed by atoms with E-state index in [0.717, 1.165) is 35.4 Å². The zero-order valence-corrected chi connectivity index (χ0v) is 17.4. The number of aliphatic hydroxyl groups excluding tert-OH is 1. The van der Waals surface area contributed by atoms with Gasteiger partial charge in [-0.05, 0) is 49.1 Å². The van der Waals surface area contributed by atoms with Crippen molar-refractivity contribution in [1.29, 1.82) is 0 Å². The Morgan fingerprint density at radius 2 is 1.83 bits per heavy atom. The number of ether oxygens (including phenoxy) is 1. The standard InChI is InChI=1S/C25H32N2O2/c1-2-8-19-13-15-22(16-14-19)29-18-21(28)17-27-24-12-7-6-11-23(24)26-25(27)20-9-4-3-5-10-20/h6-7,11-16,20-21,28H,2-5,8-10,17-18H2,1H3. The molecule has 1 aromatic heterocycles. The van der Waals surface area contributed by atoms with Gasteiger partial charge >= 0.3 is 0 Å². The van der Waals surface area contributed by atoms with Gasteiger partial charge < -0.3 is 14.4 Å². The summed E-state index contributed by atoms with van der Waals surface area (Å²) >= 11 is 0. The minimum atomic E-state index is -0.578. The van der Waals surface area contributed by atoms with Crippen LogP contribution in [0.15, 0.2) is 48.5 Å². The molecular weight excluding hydrogens is 360 g/mol. The van der Waals surface area contributed by atoms with Crippen molar-refractivity contribution in [3.8, 4) is 5.75 Å². The Bertz CT molecular complexity index is 910. The lowest BCUT2D eigenvalue weighted by Gasteiger charge is -2.23. The van der Waals surface area contributed by atoms with Crippen molar-refractivity contribution in [2.75, 3.05) is 6.61 Å². The zero-order valence-electron chi connectivity index (χ0n) is 17.4. The van der Waals surface area contributed by atoms with E-state index in [-0.39, 0.29) is 6.61 Å². The van der Waals surface area contributed by atoms with Gasteiger partial charge in [-0.3, -0.25) is 0 Å². The third-order valence-electron chi connectivity index (χ3n) is 5.95. The molecule has 1 aliphatic rings. The second-order valence-electron chi connectivity index (χ2n) is 8.26. The van der Waals surface area contributed by atoms with Gasteiger partial charge in [-0.15, -0.1) is 0 Å². The molecule has 1 N–H and O–H groups in total. The van der Waals surface area contributed by atoms with E-state index in [1.807, 2.05) is 24.3 Å². The molecule has 4 heteroatoms. The number of fused-ring (bicyclic) bond motifs is 1. The molecule has 1 aliphatic carbocycles. The van der Waals surface area contributed by atoms with E-state index >= 15 is 0 Å². The van der Waals surface area contributed by atoms with E-state index in [9.17, 15) is 5.11 Å². The number of aryl methyl sites for hydroxylation is 1. The summed E-state index contributed by atoms with van der Waals surface area (Å²) in [4.78, 5) is 4.95. The summed E-state index contributed by atoms with van der Waals surface area (Å²) in [5.74, 6) is 2.44. The zero-order chi connectivity index (χ0) is 20.1. The van der Waals surface area contributed by atoms with Crippen LogP contribution in [0.2, 0.25) is 0 Å². The lowest BCUT2D eigenvalue weighted by atomic mass is 9.88. The number of para-hydroxylation sites is 2. The summed E-state index contributed by atoms with van der Waals surface area (Å²) in [6.07, 6.45) is 7.90. The minimum absolute atomic E-state index is 0.281. The molecule has 1 saturated carbocycles. The Morgan fingerprint density at radius 1 is 1.07 bits per heavy atom. The highest BCUT2D eigenvalue weighted by Crippen LogP contribution is 2.34.